The van der Waals surface area contributed by atoms with Gasteiger partial charge in [-0.05, 0) is 55.3 Å². The Labute approximate surface area is 109 Å². The van der Waals surface area contributed by atoms with Gasteiger partial charge in [0.05, 0.1) is 0 Å². The molecule has 18 heavy (non-hydrogen) atoms. The van der Waals surface area contributed by atoms with Crippen LogP contribution in [0.2, 0.25) is 0 Å². The topological polar surface area (TPSA) is 55.1 Å². The molecule has 1 aliphatic rings. The Morgan fingerprint density at radius 3 is 2.61 bits per heavy atom. The average Bonchev–Trinajstić information content (AvgIpc) is 3.21. The van der Waals surface area contributed by atoms with E-state index >= 15 is 0 Å². The van der Waals surface area contributed by atoms with Crippen molar-refractivity contribution >= 4 is 5.91 Å². The predicted octanol–water partition coefficient (Wildman–Crippen LogP) is 1.96. The summed E-state index contributed by atoms with van der Waals surface area (Å²) in [4.78, 5) is 11.9. The SMILES string of the molecule is CC(CNC(=O)c1ccc(CCN)cc1)C1CC1. The molecule has 3 nitrogen and oxygen atoms in total. The van der Waals surface area contributed by atoms with Crippen LogP contribution >= 0.6 is 0 Å². The first-order valence-electron chi connectivity index (χ1n) is 6.78. The molecule has 0 bridgehead atoms. The molecule has 1 fully saturated rings. The third-order valence-corrected chi connectivity index (χ3v) is 3.66. The molecule has 1 aromatic carbocycles. The van der Waals surface area contributed by atoms with Gasteiger partial charge in [0, 0.05) is 12.1 Å². The molecule has 1 unspecified atom stereocenters. The zero-order chi connectivity index (χ0) is 13.0. The fourth-order valence-corrected chi connectivity index (χ4v) is 2.18. The minimum absolute atomic E-state index is 0.0294. The summed E-state index contributed by atoms with van der Waals surface area (Å²) in [6.45, 7) is 3.64. The van der Waals surface area contributed by atoms with Gasteiger partial charge >= 0.3 is 0 Å². The third kappa shape index (κ3) is 3.57. The van der Waals surface area contributed by atoms with Gasteiger partial charge in [-0.1, -0.05) is 19.1 Å². The fourth-order valence-electron chi connectivity index (χ4n) is 2.18. The van der Waals surface area contributed by atoms with Gasteiger partial charge in [0.2, 0.25) is 0 Å². The fraction of sp³-hybridized carbons (Fsp3) is 0.533. The maximum absolute atomic E-state index is 11.9. The highest BCUT2D eigenvalue weighted by molar-refractivity contribution is 5.94. The Bertz CT molecular complexity index is 395. The average molecular weight is 246 g/mol. The third-order valence-electron chi connectivity index (χ3n) is 3.66. The Balaban J connectivity index is 1.83. The second kappa shape index (κ2) is 6.01. The first-order chi connectivity index (χ1) is 8.70. The summed E-state index contributed by atoms with van der Waals surface area (Å²) in [6.07, 6.45) is 3.51. The van der Waals surface area contributed by atoms with Crippen molar-refractivity contribution in [2.45, 2.75) is 26.2 Å². The molecular weight excluding hydrogens is 224 g/mol. The molecule has 3 N–H and O–H groups in total. The highest BCUT2D eigenvalue weighted by atomic mass is 16.1. The monoisotopic (exact) mass is 246 g/mol. The molecule has 2 rings (SSSR count). The van der Waals surface area contributed by atoms with E-state index in [1.807, 2.05) is 24.3 Å². The lowest BCUT2D eigenvalue weighted by molar-refractivity contribution is 0.0946. The standard InChI is InChI=1S/C15H22N2O/c1-11(13-6-7-13)10-17-15(18)14-4-2-12(3-5-14)8-9-16/h2-5,11,13H,6-10,16H2,1H3,(H,17,18). The largest absolute Gasteiger partial charge is 0.352 e. The first kappa shape index (κ1) is 13.1. The summed E-state index contributed by atoms with van der Waals surface area (Å²) >= 11 is 0. The van der Waals surface area contributed by atoms with Gasteiger partial charge in [0.1, 0.15) is 0 Å². The molecule has 0 heterocycles. The maximum Gasteiger partial charge on any atom is 0.251 e. The number of nitrogens with two attached hydrogens (primary N) is 1. The summed E-state index contributed by atoms with van der Waals surface area (Å²) in [5, 5.41) is 3.01. The predicted molar refractivity (Wildman–Crippen MR) is 73.4 cm³/mol. The molecule has 0 spiro atoms. The number of carbonyl (C=O) groups is 1. The molecule has 1 aromatic rings. The molecule has 1 amide bonds. The summed E-state index contributed by atoms with van der Waals surface area (Å²) in [5.41, 5.74) is 7.41. The van der Waals surface area contributed by atoms with Gasteiger partial charge in [-0.3, -0.25) is 4.79 Å². The second-order valence-corrected chi connectivity index (χ2v) is 5.26. The zero-order valence-electron chi connectivity index (χ0n) is 11.0. The lowest BCUT2D eigenvalue weighted by Gasteiger charge is -2.11. The number of amides is 1. The normalized spacial score (nSPS) is 16.3. The van der Waals surface area contributed by atoms with Crippen molar-refractivity contribution in [3.8, 4) is 0 Å². The molecule has 1 aliphatic carbocycles. The second-order valence-electron chi connectivity index (χ2n) is 5.26. The van der Waals surface area contributed by atoms with Crippen LogP contribution in [0.4, 0.5) is 0 Å². The molecule has 0 saturated heterocycles. The molecule has 1 atom stereocenters. The smallest absolute Gasteiger partial charge is 0.251 e. The van der Waals surface area contributed by atoms with E-state index in [-0.39, 0.29) is 5.91 Å². The number of hydrogen-bond donors (Lipinski definition) is 2. The highest BCUT2D eigenvalue weighted by Crippen LogP contribution is 2.36. The summed E-state index contributed by atoms with van der Waals surface area (Å²) in [5.74, 6) is 1.46. The maximum atomic E-state index is 11.9. The molecule has 1 saturated carbocycles. The Morgan fingerprint density at radius 2 is 2.06 bits per heavy atom. The summed E-state index contributed by atoms with van der Waals surface area (Å²) in [6, 6.07) is 7.71. The number of hydrogen-bond acceptors (Lipinski definition) is 2. The minimum atomic E-state index is 0.0294. The van der Waals surface area contributed by atoms with E-state index in [1.165, 1.54) is 18.4 Å². The number of rotatable bonds is 6. The van der Waals surface area contributed by atoms with Gasteiger partial charge in [-0.25, -0.2) is 0 Å². The van der Waals surface area contributed by atoms with Gasteiger partial charge in [-0.2, -0.15) is 0 Å². The van der Waals surface area contributed by atoms with E-state index in [2.05, 4.69) is 12.2 Å². The summed E-state index contributed by atoms with van der Waals surface area (Å²) in [7, 11) is 0. The van der Waals surface area contributed by atoms with Gasteiger partial charge < -0.3 is 11.1 Å². The lowest BCUT2D eigenvalue weighted by atomic mass is 10.1. The zero-order valence-corrected chi connectivity index (χ0v) is 11.0. The highest BCUT2D eigenvalue weighted by Gasteiger charge is 2.27. The van der Waals surface area contributed by atoms with Gasteiger partial charge in [0.15, 0.2) is 0 Å². The van der Waals surface area contributed by atoms with Crippen LogP contribution in [0.5, 0.6) is 0 Å². The number of nitrogens with one attached hydrogen (secondary N) is 1. The van der Waals surface area contributed by atoms with Crippen molar-refractivity contribution in [3.63, 3.8) is 0 Å². The molecule has 0 aromatic heterocycles. The van der Waals surface area contributed by atoms with Crippen LogP contribution in [0.25, 0.3) is 0 Å². The van der Waals surface area contributed by atoms with E-state index < -0.39 is 0 Å². The Hall–Kier alpha value is -1.35. The molecule has 0 aliphatic heterocycles. The van der Waals surface area contributed by atoms with E-state index in [0.717, 1.165) is 24.4 Å². The van der Waals surface area contributed by atoms with Gasteiger partial charge in [-0.15, -0.1) is 0 Å². The van der Waals surface area contributed by atoms with Crippen LogP contribution in [-0.2, 0) is 6.42 Å². The van der Waals surface area contributed by atoms with Crippen LogP contribution in [0.15, 0.2) is 24.3 Å². The number of benzene rings is 1. The van der Waals surface area contributed by atoms with Crippen molar-refractivity contribution in [1.82, 2.24) is 5.32 Å². The van der Waals surface area contributed by atoms with Crippen molar-refractivity contribution in [2.24, 2.45) is 17.6 Å². The van der Waals surface area contributed by atoms with Crippen LogP contribution in [0.1, 0.15) is 35.7 Å². The van der Waals surface area contributed by atoms with Gasteiger partial charge in [0.25, 0.3) is 5.91 Å². The van der Waals surface area contributed by atoms with Crippen molar-refractivity contribution in [3.05, 3.63) is 35.4 Å². The first-order valence-corrected chi connectivity index (χ1v) is 6.78. The van der Waals surface area contributed by atoms with Crippen LogP contribution < -0.4 is 11.1 Å². The molecule has 98 valence electrons. The van der Waals surface area contributed by atoms with Crippen LogP contribution in [-0.4, -0.2) is 19.0 Å². The van der Waals surface area contributed by atoms with Crippen molar-refractivity contribution in [2.75, 3.05) is 13.1 Å². The molecular formula is C15H22N2O. The number of carbonyl (C=O) groups excluding carboxylic acids is 1. The molecule has 0 radical (unpaired) electrons. The van der Waals surface area contributed by atoms with E-state index in [4.69, 9.17) is 5.73 Å². The Morgan fingerprint density at radius 1 is 1.39 bits per heavy atom. The summed E-state index contributed by atoms with van der Waals surface area (Å²) < 4.78 is 0. The quantitative estimate of drug-likeness (QED) is 0.806. The van der Waals surface area contributed by atoms with E-state index in [0.29, 0.717) is 12.5 Å². The van der Waals surface area contributed by atoms with E-state index in [1.54, 1.807) is 0 Å². The van der Waals surface area contributed by atoms with Crippen LogP contribution in [0.3, 0.4) is 0 Å². The van der Waals surface area contributed by atoms with Crippen molar-refractivity contribution in [1.29, 1.82) is 0 Å². The van der Waals surface area contributed by atoms with Crippen molar-refractivity contribution < 1.29 is 4.79 Å². The minimum Gasteiger partial charge on any atom is -0.352 e. The lowest BCUT2D eigenvalue weighted by Crippen LogP contribution is -2.28. The molecule has 3 heteroatoms. The van der Waals surface area contributed by atoms with E-state index in [9.17, 15) is 4.79 Å². The Kier molecular flexibility index (Phi) is 4.37. The van der Waals surface area contributed by atoms with Crippen LogP contribution in [0, 0.1) is 11.8 Å².